The minimum Gasteiger partial charge on any atom is -0.409 e. The highest BCUT2D eigenvalue weighted by molar-refractivity contribution is 5.97. The van der Waals surface area contributed by atoms with Gasteiger partial charge in [0.1, 0.15) is 5.82 Å². The van der Waals surface area contributed by atoms with Crippen LogP contribution >= 0.6 is 0 Å². The summed E-state index contributed by atoms with van der Waals surface area (Å²) in [5, 5.41) is 14.4. The van der Waals surface area contributed by atoms with Crippen LogP contribution in [0.3, 0.4) is 0 Å². The van der Waals surface area contributed by atoms with E-state index in [-0.39, 0.29) is 17.4 Å². The van der Waals surface area contributed by atoms with Gasteiger partial charge in [0, 0.05) is 24.6 Å². The lowest BCUT2D eigenvalue weighted by Crippen LogP contribution is -2.26. The molecule has 4 nitrogen and oxygen atoms in total. The summed E-state index contributed by atoms with van der Waals surface area (Å²) in [6, 6.07) is 4.85. The summed E-state index contributed by atoms with van der Waals surface area (Å²) < 4.78 is 14.0. The van der Waals surface area contributed by atoms with E-state index in [0.29, 0.717) is 18.5 Å². The minimum atomic E-state index is -0.492. The lowest BCUT2D eigenvalue weighted by Gasteiger charge is -2.12. The molecule has 0 aliphatic rings. The number of nitrogens with zero attached hydrogens (tertiary/aromatic N) is 1. The van der Waals surface area contributed by atoms with Crippen LogP contribution in [0.1, 0.15) is 24.5 Å². The highest BCUT2D eigenvalue weighted by atomic mass is 19.1. The van der Waals surface area contributed by atoms with Gasteiger partial charge in [-0.25, -0.2) is 4.39 Å². The number of hydrogen-bond donors (Lipinski definition) is 3. The van der Waals surface area contributed by atoms with Gasteiger partial charge >= 0.3 is 0 Å². The van der Waals surface area contributed by atoms with Crippen molar-refractivity contribution >= 4 is 5.84 Å². The number of hydrogen-bond acceptors (Lipinski definition) is 3. The van der Waals surface area contributed by atoms with Gasteiger partial charge in [0.25, 0.3) is 0 Å². The van der Waals surface area contributed by atoms with Crippen LogP contribution in [0.25, 0.3) is 0 Å². The molecule has 4 N–H and O–H groups in total. The highest BCUT2D eigenvalue weighted by Gasteiger charge is 2.11. The molecule has 1 aromatic rings. The standard InChI is InChI=1S/C13H16FN3O/c1-3-5-9(2)16-8-10-6-4-7-11(12(10)14)13(15)17-18/h1,4,6-7,9,16,18H,5,8H2,2H3,(H2,15,17). The Morgan fingerprint density at radius 1 is 1.67 bits per heavy atom. The Kier molecular flexibility index (Phi) is 5.15. The lowest BCUT2D eigenvalue weighted by molar-refractivity contribution is 0.318. The van der Waals surface area contributed by atoms with Crippen LogP contribution in [0.2, 0.25) is 0 Å². The fraction of sp³-hybridized carbons (Fsp3) is 0.308. The van der Waals surface area contributed by atoms with Crippen molar-refractivity contribution in [3.8, 4) is 12.3 Å². The van der Waals surface area contributed by atoms with E-state index >= 15 is 0 Å². The van der Waals surface area contributed by atoms with Crippen molar-refractivity contribution in [2.75, 3.05) is 0 Å². The Hall–Kier alpha value is -2.06. The molecule has 0 radical (unpaired) electrons. The first-order valence-electron chi connectivity index (χ1n) is 5.52. The number of nitrogens with one attached hydrogen (secondary N) is 1. The third-order valence-corrected chi connectivity index (χ3v) is 2.53. The number of amidine groups is 1. The summed E-state index contributed by atoms with van der Waals surface area (Å²) >= 11 is 0. The Morgan fingerprint density at radius 2 is 2.39 bits per heavy atom. The Balaban J connectivity index is 2.82. The molecule has 96 valence electrons. The molecule has 5 heteroatoms. The predicted molar refractivity (Wildman–Crippen MR) is 68.7 cm³/mol. The third kappa shape index (κ3) is 3.47. The van der Waals surface area contributed by atoms with Crippen LogP contribution in [0.15, 0.2) is 23.4 Å². The molecule has 1 rings (SSSR count). The van der Waals surface area contributed by atoms with Gasteiger partial charge in [-0.2, -0.15) is 0 Å². The summed E-state index contributed by atoms with van der Waals surface area (Å²) in [7, 11) is 0. The van der Waals surface area contributed by atoms with Crippen molar-refractivity contribution < 1.29 is 9.60 Å². The first-order valence-corrected chi connectivity index (χ1v) is 5.52. The van der Waals surface area contributed by atoms with Crippen molar-refractivity contribution in [1.29, 1.82) is 0 Å². The van der Waals surface area contributed by atoms with Crippen molar-refractivity contribution in [3.63, 3.8) is 0 Å². The van der Waals surface area contributed by atoms with Crippen molar-refractivity contribution in [1.82, 2.24) is 5.32 Å². The molecule has 0 aliphatic carbocycles. The molecule has 0 saturated heterocycles. The number of terminal acetylenes is 1. The van der Waals surface area contributed by atoms with Crippen molar-refractivity contribution in [2.45, 2.75) is 25.9 Å². The highest BCUT2D eigenvalue weighted by Crippen LogP contribution is 2.13. The topological polar surface area (TPSA) is 70.6 Å². The second-order valence-corrected chi connectivity index (χ2v) is 3.95. The van der Waals surface area contributed by atoms with Crippen LogP contribution in [0.4, 0.5) is 4.39 Å². The Morgan fingerprint density at radius 3 is 3.00 bits per heavy atom. The summed E-state index contributed by atoms with van der Waals surface area (Å²) in [6.07, 6.45) is 5.76. The normalized spacial score (nSPS) is 13.1. The number of nitrogens with two attached hydrogens (primary N) is 1. The molecule has 18 heavy (non-hydrogen) atoms. The molecule has 1 aromatic carbocycles. The van der Waals surface area contributed by atoms with E-state index in [2.05, 4.69) is 16.4 Å². The zero-order valence-corrected chi connectivity index (χ0v) is 10.2. The third-order valence-electron chi connectivity index (χ3n) is 2.53. The molecular weight excluding hydrogens is 233 g/mol. The maximum absolute atomic E-state index is 14.0. The first-order chi connectivity index (χ1) is 8.60. The zero-order chi connectivity index (χ0) is 13.5. The first kappa shape index (κ1) is 14.0. The molecular formula is C13H16FN3O. The lowest BCUT2D eigenvalue weighted by atomic mass is 10.1. The summed E-state index contributed by atoms with van der Waals surface area (Å²) in [5.41, 5.74) is 5.91. The van der Waals surface area contributed by atoms with Crippen LogP contribution in [0.5, 0.6) is 0 Å². The van der Waals surface area contributed by atoms with Gasteiger partial charge in [0.2, 0.25) is 0 Å². The van der Waals surface area contributed by atoms with Gasteiger partial charge in [-0.05, 0) is 13.0 Å². The van der Waals surface area contributed by atoms with Crippen LogP contribution in [-0.2, 0) is 6.54 Å². The Bertz CT molecular complexity index is 480. The largest absolute Gasteiger partial charge is 0.409 e. The maximum atomic E-state index is 14.0. The fourth-order valence-corrected chi connectivity index (χ4v) is 1.50. The van der Waals surface area contributed by atoms with Gasteiger partial charge in [0.15, 0.2) is 5.84 Å². The zero-order valence-electron chi connectivity index (χ0n) is 10.2. The van der Waals surface area contributed by atoms with Crippen molar-refractivity contribution in [2.24, 2.45) is 10.9 Å². The Labute approximate surface area is 106 Å². The molecule has 0 aromatic heterocycles. The summed E-state index contributed by atoms with van der Waals surface area (Å²) in [4.78, 5) is 0. The van der Waals surface area contributed by atoms with Crippen LogP contribution in [-0.4, -0.2) is 17.1 Å². The van der Waals surface area contributed by atoms with E-state index in [1.807, 2.05) is 6.92 Å². The summed E-state index contributed by atoms with van der Waals surface area (Å²) in [6.45, 7) is 2.26. The molecule has 1 atom stereocenters. The molecule has 0 heterocycles. The van der Waals surface area contributed by atoms with E-state index in [9.17, 15) is 4.39 Å². The number of halogens is 1. The molecule has 0 bridgehead atoms. The second-order valence-electron chi connectivity index (χ2n) is 3.95. The summed E-state index contributed by atoms with van der Waals surface area (Å²) in [5.74, 6) is 1.79. The van der Waals surface area contributed by atoms with Crippen LogP contribution < -0.4 is 11.1 Å². The molecule has 1 unspecified atom stereocenters. The molecule has 0 saturated carbocycles. The van der Waals surface area contributed by atoms with Gasteiger partial charge in [0.05, 0.1) is 5.56 Å². The number of oxime groups is 1. The molecule has 0 amide bonds. The second kappa shape index (κ2) is 6.62. The SMILES string of the molecule is C#CCC(C)NCc1cccc(/C(N)=N/O)c1F. The van der Waals surface area contributed by atoms with E-state index in [1.165, 1.54) is 6.07 Å². The smallest absolute Gasteiger partial charge is 0.173 e. The maximum Gasteiger partial charge on any atom is 0.173 e. The van der Waals surface area contributed by atoms with Crippen LogP contribution in [0, 0.1) is 18.2 Å². The van der Waals surface area contributed by atoms with E-state index in [4.69, 9.17) is 17.4 Å². The predicted octanol–water partition coefficient (Wildman–Crippen LogP) is 1.42. The fourth-order valence-electron chi connectivity index (χ4n) is 1.50. The van der Waals surface area contributed by atoms with Gasteiger partial charge < -0.3 is 16.3 Å². The van der Waals surface area contributed by atoms with E-state index in [1.54, 1.807) is 12.1 Å². The monoisotopic (exact) mass is 249 g/mol. The van der Waals surface area contributed by atoms with E-state index in [0.717, 1.165) is 0 Å². The van der Waals surface area contributed by atoms with E-state index < -0.39 is 5.82 Å². The van der Waals surface area contributed by atoms with Crippen molar-refractivity contribution in [3.05, 3.63) is 35.1 Å². The van der Waals surface area contributed by atoms with Gasteiger partial charge in [-0.3, -0.25) is 0 Å². The average molecular weight is 249 g/mol. The quantitative estimate of drug-likeness (QED) is 0.243. The minimum absolute atomic E-state index is 0.0846. The molecule has 0 aliphatic heterocycles. The molecule has 0 fully saturated rings. The number of benzene rings is 1. The average Bonchev–Trinajstić information content (AvgIpc) is 2.37. The van der Waals surface area contributed by atoms with Gasteiger partial charge in [-0.15, -0.1) is 12.3 Å². The number of rotatable bonds is 5. The molecule has 0 spiro atoms. The van der Waals surface area contributed by atoms with Gasteiger partial charge in [-0.1, -0.05) is 17.3 Å².